The Hall–Kier alpha value is -3.11. The SMILES string of the molecule is N#C/C(=C1\Nc2ccccc2O1)c1ccnc(NCC2CCNCC2)n1. The van der Waals surface area contributed by atoms with Gasteiger partial charge < -0.3 is 20.7 Å². The zero-order valence-corrected chi connectivity index (χ0v) is 14.3. The second kappa shape index (κ2) is 7.42. The van der Waals surface area contributed by atoms with Crippen LogP contribution in [0.25, 0.3) is 5.57 Å². The quantitative estimate of drug-likeness (QED) is 0.731. The number of rotatable bonds is 4. The molecule has 2 aromatic rings. The zero-order chi connectivity index (χ0) is 17.8. The van der Waals surface area contributed by atoms with E-state index in [4.69, 9.17) is 4.74 Å². The maximum absolute atomic E-state index is 9.63. The number of anilines is 2. The van der Waals surface area contributed by atoms with Gasteiger partial charge in [0.1, 0.15) is 11.6 Å². The van der Waals surface area contributed by atoms with Crippen molar-refractivity contribution in [2.75, 3.05) is 30.3 Å². The van der Waals surface area contributed by atoms with E-state index in [1.807, 2.05) is 24.3 Å². The van der Waals surface area contributed by atoms with E-state index in [2.05, 4.69) is 32.0 Å². The van der Waals surface area contributed by atoms with E-state index >= 15 is 0 Å². The number of nitriles is 1. The van der Waals surface area contributed by atoms with Gasteiger partial charge >= 0.3 is 0 Å². The number of allylic oxidation sites excluding steroid dienone is 1. The molecule has 2 aliphatic heterocycles. The standard InChI is InChI=1S/C19H20N6O/c20-11-14(18-24-16-3-1-2-4-17(16)26-18)15-7-10-22-19(25-15)23-12-13-5-8-21-9-6-13/h1-4,7,10,13,21,24H,5-6,8-9,12H2,(H,22,23,25)/b18-14-. The topological polar surface area (TPSA) is 94.9 Å². The third kappa shape index (κ3) is 3.46. The highest BCUT2D eigenvalue weighted by atomic mass is 16.5. The fourth-order valence-electron chi connectivity index (χ4n) is 3.16. The molecule has 7 nitrogen and oxygen atoms in total. The fourth-order valence-corrected chi connectivity index (χ4v) is 3.16. The van der Waals surface area contributed by atoms with Gasteiger partial charge in [-0.15, -0.1) is 0 Å². The average Bonchev–Trinajstić information content (AvgIpc) is 3.12. The Labute approximate surface area is 152 Å². The van der Waals surface area contributed by atoms with E-state index in [1.165, 1.54) is 0 Å². The van der Waals surface area contributed by atoms with Gasteiger partial charge in [0.15, 0.2) is 5.75 Å². The lowest BCUT2D eigenvalue weighted by atomic mass is 9.98. The Morgan fingerprint density at radius 3 is 2.92 bits per heavy atom. The van der Waals surface area contributed by atoms with Crippen LogP contribution in [0.5, 0.6) is 5.75 Å². The molecule has 7 heteroatoms. The van der Waals surface area contributed by atoms with Crippen LogP contribution in [0, 0.1) is 17.2 Å². The number of nitrogens with one attached hydrogen (secondary N) is 3. The van der Waals surface area contributed by atoms with Gasteiger partial charge in [-0.2, -0.15) is 5.26 Å². The molecule has 4 rings (SSSR count). The van der Waals surface area contributed by atoms with Crippen molar-refractivity contribution in [3.8, 4) is 11.8 Å². The third-order valence-corrected chi connectivity index (χ3v) is 4.61. The molecule has 0 amide bonds. The van der Waals surface area contributed by atoms with E-state index in [0.29, 0.717) is 34.8 Å². The summed E-state index contributed by atoms with van der Waals surface area (Å²) in [5.41, 5.74) is 1.73. The van der Waals surface area contributed by atoms with E-state index in [9.17, 15) is 5.26 Å². The summed E-state index contributed by atoms with van der Waals surface area (Å²) in [6.45, 7) is 2.95. The number of nitrogens with zero attached hydrogens (tertiary/aromatic N) is 3. The lowest BCUT2D eigenvalue weighted by Crippen LogP contribution is -2.31. The van der Waals surface area contributed by atoms with Crippen molar-refractivity contribution in [3.05, 3.63) is 48.1 Å². The highest BCUT2D eigenvalue weighted by Gasteiger charge is 2.22. The number of aromatic nitrogens is 2. The molecule has 132 valence electrons. The van der Waals surface area contributed by atoms with Gasteiger partial charge in [0, 0.05) is 12.7 Å². The van der Waals surface area contributed by atoms with Crippen LogP contribution in [0.3, 0.4) is 0 Å². The summed E-state index contributed by atoms with van der Waals surface area (Å²) in [5, 5.41) is 19.4. The number of piperidine rings is 1. The Morgan fingerprint density at radius 1 is 1.27 bits per heavy atom. The minimum Gasteiger partial charge on any atom is -0.437 e. The Morgan fingerprint density at radius 2 is 2.12 bits per heavy atom. The first-order chi connectivity index (χ1) is 12.8. The van der Waals surface area contributed by atoms with Crippen LogP contribution >= 0.6 is 0 Å². The molecule has 1 aromatic carbocycles. The number of benzene rings is 1. The minimum absolute atomic E-state index is 0.355. The van der Waals surface area contributed by atoms with Gasteiger partial charge in [0.05, 0.1) is 11.4 Å². The molecule has 3 heterocycles. The average molecular weight is 348 g/mol. The van der Waals surface area contributed by atoms with Crippen LogP contribution in [0.4, 0.5) is 11.6 Å². The molecule has 1 aromatic heterocycles. The lowest BCUT2D eigenvalue weighted by Gasteiger charge is -2.22. The Bertz CT molecular complexity index is 839. The van der Waals surface area contributed by atoms with Crippen LogP contribution < -0.4 is 20.7 Å². The monoisotopic (exact) mass is 348 g/mol. The van der Waals surface area contributed by atoms with Crippen molar-refractivity contribution in [1.29, 1.82) is 5.26 Å². The van der Waals surface area contributed by atoms with Gasteiger partial charge in [-0.1, -0.05) is 12.1 Å². The smallest absolute Gasteiger partial charge is 0.223 e. The largest absolute Gasteiger partial charge is 0.437 e. The van der Waals surface area contributed by atoms with E-state index in [-0.39, 0.29) is 0 Å². The molecular formula is C19H20N6O. The molecule has 1 saturated heterocycles. The molecule has 0 radical (unpaired) electrons. The molecule has 26 heavy (non-hydrogen) atoms. The van der Waals surface area contributed by atoms with Crippen molar-refractivity contribution in [1.82, 2.24) is 15.3 Å². The Balaban J connectivity index is 1.52. The predicted octanol–water partition coefficient (Wildman–Crippen LogP) is 2.58. The summed E-state index contributed by atoms with van der Waals surface area (Å²) in [6.07, 6.45) is 3.96. The first-order valence-electron chi connectivity index (χ1n) is 8.80. The van der Waals surface area contributed by atoms with Crippen LogP contribution in [0.1, 0.15) is 18.5 Å². The number of ether oxygens (including phenoxy) is 1. The van der Waals surface area contributed by atoms with Gasteiger partial charge in [-0.3, -0.25) is 0 Å². The summed E-state index contributed by atoms with van der Waals surface area (Å²) in [7, 11) is 0. The fraction of sp³-hybridized carbons (Fsp3) is 0.316. The van der Waals surface area contributed by atoms with Crippen molar-refractivity contribution < 1.29 is 4.74 Å². The molecule has 0 saturated carbocycles. The van der Waals surface area contributed by atoms with E-state index < -0.39 is 0 Å². The van der Waals surface area contributed by atoms with Gasteiger partial charge in [0.2, 0.25) is 11.8 Å². The Kier molecular flexibility index (Phi) is 4.67. The molecule has 0 aliphatic carbocycles. The highest BCUT2D eigenvalue weighted by molar-refractivity contribution is 5.81. The third-order valence-electron chi connectivity index (χ3n) is 4.61. The summed E-state index contributed by atoms with van der Waals surface area (Å²) in [4.78, 5) is 8.77. The highest BCUT2D eigenvalue weighted by Crippen LogP contribution is 2.35. The van der Waals surface area contributed by atoms with Crippen molar-refractivity contribution in [2.45, 2.75) is 12.8 Å². The van der Waals surface area contributed by atoms with Crippen molar-refractivity contribution in [3.63, 3.8) is 0 Å². The molecule has 0 bridgehead atoms. The van der Waals surface area contributed by atoms with Crippen LogP contribution in [-0.4, -0.2) is 29.6 Å². The lowest BCUT2D eigenvalue weighted by molar-refractivity contribution is 0.389. The summed E-state index contributed by atoms with van der Waals surface area (Å²) < 4.78 is 5.77. The molecule has 0 spiro atoms. The van der Waals surface area contributed by atoms with Gasteiger partial charge in [-0.05, 0) is 50.0 Å². The van der Waals surface area contributed by atoms with Gasteiger partial charge in [-0.25, -0.2) is 9.97 Å². The molecule has 3 N–H and O–H groups in total. The summed E-state index contributed by atoms with van der Waals surface area (Å²) in [5.74, 6) is 2.25. The molecule has 0 unspecified atom stereocenters. The second-order valence-corrected chi connectivity index (χ2v) is 6.38. The van der Waals surface area contributed by atoms with E-state index in [0.717, 1.165) is 38.2 Å². The predicted molar refractivity (Wildman–Crippen MR) is 99.3 cm³/mol. The van der Waals surface area contributed by atoms with Crippen LogP contribution in [-0.2, 0) is 0 Å². The maximum atomic E-state index is 9.63. The van der Waals surface area contributed by atoms with Gasteiger partial charge in [0.25, 0.3) is 0 Å². The normalized spacial score (nSPS) is 18.3. The first kappa shape index (κ1) is 16.4. The second-order valence-electron chi connectivity index (χ2n) is 6.38. The van der Waals surface area contributed by atoms with Crippen LogP contribution in [0.15, 0.2) is 42.4 Å². The van der Waals surface area contributed by atoms with Crippen molar-refractivity contribution >= 4 is 17.2 Å². The zero-order valence-electron chi connectivity index (χ0n) is 14.3. The molecule has 0 atom stereocenters. The molecule has 2 aliphatic rings. The maximum Gasteiger partial charge on any atom is 0.223 e. The minimum atomic E-state index is 0.355. The number of para-hydroxylation sites is 2. The molecular weight excluding hydrogens is 328 g/mol. The number of fused-ring (bicyclic) bond motifs is 1. The first-order valence-corrected chi connectivity index (χ1v) is 8.80. The number of hydrogen-bond acceptors (Lipinski definition) is 7. The van der Waals surface area contributed by atoms with Crippen LogP contribution in [0.2, 0.25) is 0 Å². The molecule has 1 fully saturated rings. The van der Waals surface area contributed by atoms with Crippen molar-refractivity contribution in [2.24, 2.45) is 5.92 Å². The summed E-state index contributed by atoms with van der Waals surface area (Å²) >= 11 is 0. The summed E-state index contributed by atoms with van der Waals surface area (Å²) in [6, 6.07) is 11.5. The van der Waals surface area contributed by atoms with E-state index in [1.54, 1.807) is 12.3 Å². The number of hydrogen-bond donors (Lipinski definition) is 3.